The van der Waals surface area contributed by atoms with Gasteiger partial charge in [0.05, 0.1) is 17.9 Å². The molecule has 0 unspecified atom stereocenters. The highest BCUT2D eigenvalue weighted by Crippen LogP contribution is 2.24. The van der Waals surface area contributed by atoms with E-state index >= 15 is 0 Å². The highest BCUT2D eigenvalue weighted by atomic mass is 32.1. The Bertz CT molecular complexity index is 672. The van der Waals surface area contributed by atoms with Crippen LogP contribution in [-0.2, 0) is 20.0 Å². The molecule has 1 aliphatic heterocycles. The minimum absolute atomic E-state index is 0.0990. The van der Waals surface area contributed by atoms with E-state index in [9.17, 15) is 4.79 Å². The number of amides is 1. The lowest BCUT2D eigenvalue weighted by atomic mass is 10.2. The lowest BCUT2D eigenvalue weighted by Crippen LogP contribution is -2.25. The van der Waals surface area contributed by atoms with Crippen molar-refractivity contribution in [3.63, 3.8) is 0 Å². The average Bonchev–Trinajstić information content (AvgIpc) is 3.25. The number of anilines is 1. The number of carbonyl (C=O) groups excluding carboxylic acids is 1. The summed E-state index contributed by atoms with van der Waals surface area (Å²) in [4.78, 5) is 19.2. The largest absolute Gasteiger partial charge is 0.348 e. The third kappa shape index (κ3) is 3.72. The molecule has 0 saturated carbocycles. The van der Waals surface area contributed by atoms with Crippen molar-refractivity contribution in [1.82, 2.24) is 20.1 Å². The molecule has 0 bridgehead atoms. The van der Waals surface area contributed by atoms with Gasteiger partial charge >= 0.3 is 0 Å². The molecular formula is C16H23N5OS. The first-order chi connectivity index (χ1) is 11.2. The van der Waals surface area contributed by atoms with Crippen LogP contribution in [0.2, 0.25) is 0 Å². The molecule has 124 valence electrons. The first-order valence-electron chi connectivity index (χ1n) is 8.18. The van der Waals surface area contributed by atoms with Crippen molar-refractivity contribution in [2.75, 3.05) is 18.0 Å². The fraction of sp³-hybridized carbons (Fsp3) is 0.562. The summed E-state index contributed by atoms with van der Waals surface area (Å²) >= 11 is 1.65. The van der Waals surface area contributed by atoms with E-state index in [-0.39, 0.29) is 5.91 Å². The van der Waals surface area contributed by atoms with Crippen molar-refractivity contribution in [2.24, 2.45) is 7.05 Å². The molecule has 1 amide bonds. The summed E-state index contributed by atoms with van der Waals surface area (Å²) in [6.45, 7) is 4.75. The van der Waals surface area contributed by atoms with Gasteiger partial charge in [0.2, 0.25) is 0 Å². The zero-order valence-electron chi connectivity index (χ0n) is 13.7. The molecule has 2 aromatic rings. The zero-order chi connectivity index (χ0) is 16.2. The van der Waals surface area contributed by atoms with Gasteiger partial charge in [-0.25, -0.2) is 4.98 Å². The molecule has 2 aromatic heterocycles. The lowest BCUT2D eigenvalue weighted by molar-refractivity contribution is 0.0941. The van der Waals surface area contributed by atoms with Crippen LogP contribution in [0.4, 0.5) is 5.13 Å². The number of rotatable bonds is 6. The van der Waals surface area contributed by atoms with Crippen molar-refractivity contribution in [1.29, 1.82) is 0 Å². The molecule has 0 spiro atoms. The van der Waals surface area contributed by atoms with Crippen molar-refractivity contribution in [3.8, 4) is 0 Å². The van der Waals surface area contributed by atoms with Crippen molar-refractivity contribution in [3.05, 3.63) is 28.5 Å². The van der Waals surface area contributed by atoms with E-state index in [1.807, 2.05) is 18.5 Å². The van der Waals surface area contributed by atoms with Gasteiger partial charge in [-0.05, 0) is 25.3 Å². The maximum absolute atomic E-state index is 12.3. The predicted molar refractivity (Wildman–Crippen MR) is 91.9 cm³/mol. The highest BCUT2D eigenvalue weighted by Gasteiger charge is 2.17. The van der Waals surface area contributed by atoms with Crippen LogP contribution in [0, 0.1) is 0 Å². The number of nitrogens with zero attached hydrogens (tertiary/aromatic N) is 4. The smallest absolute Gasteiger partial charge is 0.269 e. The molecule has 0 aromatic carbocycles. The van der Waals surface area contributed by atoms with Crippen LogP contribution in [0.5, 0.6) is 0 Å². The molecule has 0 radical (unpaired) electrons. The second kappa shape index (κ2) is 7.12. The lowest BCUT2D eigenvalue weighted by Gasteiger charge is -2.12. The molecule has 23 heavy (non-hydrogen) atoms. The number of hydrogen-bond donors (Lipinski definition) is 1. The predicted octanol–water partition coefficient (Wildman–Crippen LogP) is 2.36. The summed E-state index contributed by atoms with van der Waals surface area (Å²) < 4.78 is 1.65. The van der Waals surface area contributed by atoms with Crippen molar-refractivity contribution >= 4 is 22.4 Å². The van der Waals surface area contributed by atoms with E-state index in [0.29, 0.717) is 12.2 Å². The van der Waals surface area contributed by atoms with E-state index in [0.717, 1.165) is 42.5 Å². The molecule has 0 atom stereocenters. The van der Waals surface area contributed by atoms with Gasteiger partial charge in [-0.1, -0.05) is 13.3 Å². The molecule has 7 heteroatoms. The Kier molecular flexibility index (Phi) is 4.95. The first kappa shape index (κ1) is 16.0. The quantitative estimate of drug-likeness (QED) is 0.881. The van der Waals surface area contributed by atoms with Crippen molar-refractivity contribution in [2.45, 2.75) is 39.2 Å². The molecule has 3 heterocycles. The maximum Gasteiger partial charge on any atom is 0.269 e. The van der Waals surface area contributed by atoms with E-state index in [1.54, 1.807) is 16.0 Å². The molecule has 0 aliphatic carbocycles. The molecule has 1 saturated heterocycles. The SMILES string of the molecule is CCCc1cc(C(=O)NCc2csc(N3CCCC3)n2)n(C)n1. The summed E-state index contributed by atoms with van der Waals surface area (Å²) in [7, 11) is 1.81. The maximum atomic E-state index is 12.3. The average molecular weight is 333 g/mol. The number of hydrogen-bond acceptors (Lipinski definition) is 5. The van der Waals surface area contributed by atoms with Crippen LogP contribution < -0.4 is 10.2 Å². The Morgan fingerprint density at radius 1 is 1.35 bits per heavy atom. The summed E-state index contributed by atoms with van der Waals surface area (Å²) in [5, 5.41) is 10.4. The second-order valence-corrected chi connectivity index (χ2v) is 6.73. The Balaban J connectivity index is 1.58. The van der Waals surface area contributed by atoms with Gasteiger partial charge in [0.1, 0.15) is 5.69 Å². The molecule has 3 rings (SSSR count). The zero-order valence-corrected chi connectivity index (χ0v) is 14.5. The van der Waals surface area contributed by atoms with Crippen LogP contribution in [0.15, 0.2) is 11.4 Å². The van der Waals surface area contributed by atoms with Gasteiger partial charge in [0.25, 0.3) is 5.91 Å². The fourth-order valence-electron chi connectivity index (χ4n) is 2.81. The number of aryl methyl sites for hydroxylation is 2. The Morgan fingerprint density at radius 3 is 2.87 bits per heavy atom. The third-order valence-corrected chi connectivity index (χ3v) is 4.97. The number of aromatic nitrogens is 3. The minimum Gasteiger partial charge on any atom is -0.348 e. The molecule has 1 aliphatic rings. The second-order valence-electron chi connectivity index (χ2n) is 5.89. The monoisotopic (exact) mass is 333 g/mol. The Labute approximate surface area is 140 Å². The van der Waals surface area contributed by atoms with Gasteiger partial charge < -0.3 is 10.2 Å². The number of carbonyl (C=O) groups is 1. The van der Waals surface area contributed by atoms with Crippen LogP contribution in [0.3, 0.4) is 0 Å². The first-order valence-corrected chi connectivity index (χ1v) is 9.06. The molecule has 1 fully saturated rings. The van der Waals surface area contributed by atoms with E-state index in [1.165, 1.54) is 12.8 Å². The van der Waals surface area contributed by atoms with Crippen LogP contribution in [0.1, 0.15) is 48.1 Å². The topological polar surface area (TPSA) is 63.1 Å². The Hall–Kier alpha value is -1.89. The van der Waals surface area contributed by atoms with Crippen LogP contribution >= 0.6 is 11.3 Å². The molecule has 6 nitrogen and oxygen atoms in total. The van der Waals surface area contributed by atoms with E-state index in [4.69, 9.17) is 0 Å². The normalized spacial score (nSPS) is 14.4. The highest BCUT2D eigenvalue weighted by molar-refractivity contribution is 7.13. The van der Waals surface area contributed by atoms with Crippen LogP contribution in [0.25, 0.3) is 0 Å². The van der Waals surface area contributed by atoms with Gasteiger partial charge in [0.15, 0.2) is 5.13 Å². The minimum atomic E-state index is -0.0990. The number of nitrogens with one attached hydrogen (secondary N) is 1. The summed E-state index contributed by atoms with van der Waals surface area (Å²) in [6, 6.07) is 1.87. The van der Waals surface area contributed by atoms with E-state index < -0.39 is 0 Å². The Morgan fingerprint density at radius 2 is 2.13 bits per heavy atom. The molecular weight excluding hydrogens is 310 g/mol. The summed E-state index contributed by atoms with van der Waals surface area (Å²) in [5.41, 5.74) is 2.48. The van der Waals surface area contributed by atoms with Gasteiger partial charge in [-0.15, -0.1) is 11.3 Å². The van der Waals surface area contributed by atoms with Gasteiger partial charge in [0, 0.05) is 25.5 Å². The van der Waals surface area contributed by atoms with Gasteiger partial charge in [-0.2, -0.15) is 5.10 Å². The number of thiazole rings is 1. The van der Waals surface area contributed by atoms with Crippen molar-refractivity contribution < 1.29 is 4.79 Å². The van der Waals surface area contributed by atoms with Gasteiger partial charge in [-0.3, -0.25) is 9.48 Å². The standard InChI is InChI=1S/C16H23N5OS/c1-3-6-12-9-14(20(2)19-12)15(22)17-10-13-11-23-16(18-13)21-7-4-5-8-21/h9,11H,3-8,10H2,1-2H3,(H,17,22). The third-order valence-electron chi connectivity index (χ3n) is 4.02. The van der Waals surface area contributed by atoms with Crippen LogP contribution in [-0.4, -0.2) is 33.8 Å². The van der Waals surface area contributed by atoms with E-state index in [2.05, 4.69) is 27.2 Å². The fourth-order valence-corrected chi connectivity index (χ4v) is 3.69. The summed E-state index contributed by atoms with van der Waals surface area (Å²) in [5.74, 6) is -0.0990. The summed E-state index contributed by atoms with van der Waals surface area (Å²) in [6.07, 6.45) is 4.40. The molecule has 1 N–H and O–H groups in total.